The number of rotatable bonds is 4. The molecule has 1 spiro atoms. The Morgan fingerprint density at radius 1 is 0.306 bits per heavy atom. The molecule has 0 fully saturated rings. The van der Waals surface area contributed by atoms with Gasteiger partial charge in [0.15, 0.2) is 0 Å². The predicted octanol–water partition coefficient (Wildman–Crippen LogP) is 15.8. The number of hydrogen-bond acceptors (Lipinski definition) is 1. The first-order chi connectivity index (χ1) is 30.3. The number of hydrogen-bond donors (Lipinski definition) is 0. The van der Waals surface area contributed by atoms with Crippen LogP contribution < -0.4 is 4.90 Å². The van der Waals surface area contributed by atoms with Gasteiger partial charge in [-0.2, -0.15) is 0 Å². The summed E-state index contributed by atoms with van der Waals surface area (Å²) in [6.07, 6.45) is 0. The summed E-state index contributed by atoms with van der Waals surface area (Å²) in [5.74, 6) is 0. The number of benzene rings is 9. The fourth-order valence-corrected chi connectivity index (χ4v) is 12.4. The maximum atomic E-state index is 2.54. The summed E-state index contributed by atoms with van der Waals surface area (Å²) in [6.45, 7) is 9.53. The molecule has 9 aromatic carbocycles. The Morgan fingerprint density at radius 3 is 1.39 bits per heavy atom. The van der Waals surface area contributed by atoms with Crippen molar-refractivity contribution in [1.82, 2.24) is 0 Å². The lowest BCUT2D eigenvalue weighted by Crippen LogP contribution is -2.26. The Balaban J connectivity index is 1.04. The summed E-state index contributed by atoms with van der Waals surface area (Å²) in [7, 11) is 0. The van der Waals surface area contributed by atoms with Crippen LogP contribution in [0.5, 0.6) is 0 Å². The van der Waals surface area contributed by atoms with E-state index in [2.05, 4.69) is 233 Å². The van der Waals surface area contributed by atoms with E-state index in [1.54, 1.807) is 0 Å². The molecule has 9 aromatic rings. The van der Waals surface area contributed by atoms with Crippen LogP contribution in [0.15, 0.2) is 200 Å². The molecule has 4 aliphatic carbocycles. The number of nitrogens with zero attached hydrogens (tertiary/aromatic N) is 1. The molecule has 0 aromatic heterocycles. The fourth-order valence-electron chi connectivity index (χ4n) is 12.4. The lowest BCUT2D eigenvalue weighted by atomic mass is 9.70. The van der Waals surface area contributed by atoms with Crippen LogP contribution in [0.2, 0.25) is 0 Å². The highest BCUT2D eigenvalue weighted by Gasteiger charge is 2.52. The molecule has 0 saturated carbocycles. The van der Waals surface area contributed by atoms with Gasteiger partial charge in [-0.25, -0.2) is 0 Å². The second kappa shape index (κ2) is 12.4. The fraction of sp³-hybridized carbons (Fsp3) is 0.115. The summed E-state index contributed by atoms with van der Waals surface area (Å²) >= 11 is 0. The average Bonchev–Trinajstić information content (AvgIpc) is 3.95. The highest BCUT2D eigenvalue weighted by atomic mass is 15.1. The van der Waals surface area contributed by atoms with E-state index in [1.165, 1.54) is 106 Å². The molecule has 13 rings (SSSR count). The van der Waals surface area contributed by atoms with Gasteiger partial charge < -0.3 is 4.90 Å². The van der Waals surface area contributed by atoms with Gasteiger partial charge in [0.2, 0.25) is 0 Å². The molecule has 0 N–H and O–H groups in total. The van der Waals surface area contributed by atoms with Crippen LogP contribution in [0.3, 0.4) is 0 Å². The first-order valence-electron chi connectivity index (χ1n) is 22.1. The lowest BCUT2D eigenvalue weighted by Gasteiger charge is -2.32. The monoisotopic (exact) mass is 791 g/mol. The Bertz CT molecular complexity index is 3310. The van der Waals surface area contributed by atoms with E-state index in [0.29, 0.717) is 0 Å². The minimum absolute atomic E-state index is 0.104. The van der Waals surface area contributed by atoms with Gasteiger partial charge >= 0.3 is 0 Å². The molecular weight excluding hydrogens is 747 g/mol. The second-order valence-corrected chi connectivity index (χ2v) is 18.8. The summed E-state index contributed by atoms with van der Waals surface area (Å²) in [4.78, 5) is 2.54. The SMILES string of the molecule is CC1(C)c2ccccc2-c2ccc(N(c3ccc(-c4cccc5c4C(C)(C)c4ccccc4-5)cc3)c3cccc4c3-c3ccccc3C43c4ccccc4-c4ccccc43)cc21. The van der Waals surface area contributed by atoms with Crippen molar-refractivity contribution in [2.45, 2.75) is 43.9 Å². The predicted molar refractivity (Wildman–Crippen MR) is 258 cm³/mol. The van der Waals surface area contributed by atoms with E-state index in [-0.39, 0.29) is 10.8 Å². The summed E-state index contributed by atoms with van der Waals surface area (Å²) in [5, 5.41) is 0. The Morgan fingerprint density at radius 2 is 0.742 bits per heavy atom. The van der Waals surface area contributed by atoms with Crippen molar-refractivity contribution in [2.24, 2.45) is 0 Å². The zero-order valence-corrected chi connectivity index (χ0v) is 35.5. The smallest absolute Gasteiger partial charge is 0.0726 e. The lowest BCUT2D eigenvalue weighted by molar-refractivity contribution is 0.660. The van der Waals surface area contributed by atoms with E-state index in [9.17, 15) is 0 Å². The van der Waals surface area contributed by atoms with E-state index in [4.69, 9.17) is 0 Å². The molecule has 1 heteroatoms. The summed E-state index contributed by atoms with van der Waals surface area (Å²) < 4.78 is 0. The summed E-state index contributed by atoms with van der Waals surface area (Å²) in [5.41, 5.74) is 26.9. The normalized spacial score (nSPS) is 15.5. The van der Waals surface area contributed by atoms with Crippen LogP contribution in [0.25, 0.3) is 55.6 Å². The molecule has 0 saturated heterocycles. The summed E-state index contributed by atoms with van der Waals surface area (Å²) in [6, 6.07) is 75.8. The van der Waals surface area contributed by atoms with Gasteiger partial charge in [0.05, 0.1) is 11.1 Å². The van der Waals surface area contributed by atoms with Gasteiger partial charge in [-0.3, -0.25) is 0 Å². The van der Waals surface area contributed by atoms with Crippen molar-refractivity contribution in [2.75, 3.05) is 4.90 Å². The van der Waals surface area contributed by atoms with Gasteiger partial charge in [-0.15, -0.1) is 0 Å². The molecule has 294 valence electrons. The van der Waals surface area contributed by atoms with E-state index in [1.807, 2.05) is 0 Å². The standard InChI is InChI=1S/C61H45N/c1-59(2)49-24-10-5-17-42(49)46-36-35-40(37-55(46)59)62(39-33-31-38(32-34-39)41-22-15-23-47-45-20-6-11-25-50(45)60(3,4)58(41)47)56-30-16-29-54-57(56)48-21-9-14-28-53(48)61(54)51-26-12-7-18-43(51)44-19-8-13-27-52(44)61/h5-37H,1-4H3. The molecule has 0 amide bonds. The van der Waals surface area contributed by atoms with Crippen molar-refractivity contribution in [1.29, 1.82) is 0 Å². The third-order valence-electron chi connectivity index (χ3n) is 15.1. The molecule has 1 nitrogen and oxygen atoms in total. The van der Waals surface area contributed by atoms with Crippen molar-refractivity contribution in [3.8, 4) is 55.6 Å². The van der Waals surface area contributed by atoms with E-state index in [0.717, 1.165) is 11.4 Å². The van der Waals surface area contributed by atoms with Gasteiger partial charge in [0, 0.05) is 27.8 Å². The maximum Gasteiger partial charge on any atom is 0.0726 e. The largest absolute Gasteiger partial charge is 0.310 e. The Kier molecular flexibility index (Phi) is 7.12. The number of anilines is 3. The van der Waals surface area contributed by atoms with Gasteiger partial charge in [0.25, 0.3) is 0 Å². The molecule has 0 radical (unpaired) electrons. The third-order valence-corrected chi connectivity index (χ3v) is 15.1. The minimum atomic E-state index is -0.426. The van der Waals surface area contributed by atoms with Crippen LogP contribution in [-0.2, 0) is 16.2 Å². The van der Waals surface area contributed by atoms with Crippen LogP contribution in [0, 0.1) is 0 Å². The third kappa shape index (κ3) is 4.43. The second-order valence-electron chi connectivity index (χ2n) is 18.8. The number of fused-ring (bicyclic) bond motifs is 16. The first kappa shape index (κ1) is 35.5. The molecule has 0 unspecified atom stereocenters. The van der Waals surface area contributed by atoms with Crippen LogP contribution in [-0.4, -0.2) is 0 Å². The van der Waals surface area contributed by atoms with Crippen molar-refractivity contribution >= 4 is 17.1 Å². The molecular formula is C61H45N. The van der Waals surface area contributed by atoms with Crippen molar-refractivity contribution in [3.05, 3.63) is 245 Å². The molecule has 0 aliphatic heterocycles. The minimum Gasteiger partial charge on any atom is -0.310 e. The Labute approximate surface area is 364 Å². The molecule has 0 atom stereocenters. The Hall–Kier alpha value is -7.22. The van der Waals surface area contributed by atoms with Crippen molar-refractivity contribution < 1.29 is 0 Å². The van der Waals surface area contributed by atoms with Crippen LogP contribution in [0.1, 0.15) is 72.2 Å². The molecule has 0 heterocycles. The molecule has 4 aliphatic rings. The highest BCUT2D eigenvalue weighted by Crippen LogP contribution is 2.65. The van der Waals surface area contributed by atoms with Gasteiger partial charge in [-0.05, 0) is 125 Å². The van der Waals surface area contributed by atoms with Crippen LogP contribution >= 0.6 is 0 Å². The van der Waals surface area contributed by atoms with Crippen LogP contribution in [0.4, 0.5) is 17.1 Å². The highest BCUT2D eigenvalue weighted by molar-refractivity contribution is 6.01. The van der Waals surface area contributed by atoms with Gasteiger partial charge in [0.1, 0.15) is 0 Å². The average molecular weight is 792 g/mol. The molecule has 0 bridgehead atoms. The topological polar surface area (TPSA) is 3.24 Å². The van der Waals surface area contributed by atoms with E-state index < -0.39 is 5.41 Å². The maximum absolute atomic E-state index is 2.54. The van der Waals surface area contributed by atoms with Crippen molar-refractivity contribution in [3.63, 3.8) is 0 Å². The molecule has 62 heavy (non-hydrogen) atoms. The quantitative estimate of drug-likeness (QED) is 0.172. The van der Waals surface area contributed by atoms with E-state index >= 15 is 0 Å². The van der Waals surface area contributed by atoms with Gasteiger partial charge in [-0.1, -0.05) is 198 Å². The zero-order valence-electron chi connectivity index (χ0n) is 35.5. The first-order valence-corrected chi connectivity index (χ1v) is 22.1. The zero-order chi connectivity index (χ0) is 41.5.